The molecule has 9 heteroatoms. The van der Waals surface area contributed by atoms with Gasteiger partial charge in [0, 0.05) is 37.9 Å². The second-order valence-corrected chi connectivity index (χ2v) is 8.58. The molecule has 152 valence electrons. The fourth-order valence-electron chi connectivity index (χ4n) is 3.27. The molecule has 3 rings (SSSR count). The number of sulfonamides is 1. The van der Waals surface area contributed by atoms with Crippen LogP contribution in [0.15, 0.2) is 52.0 Å². The van der Waals surface area contributed by atoms with Crippen LogP contribution in [0.2, 0.25) is 0 Å². The predicted octanol–water partition coefficient (Wildman–Crippen LogP) is 1.61. The summed E-state index contributed by atoms with van der Waals surface area (Å²) >= 11 is 0. The van der Waals surface area contributed by atoms with Gasteiger partial charge >= 0.3 is 0 Å². The molecule has 8 nitrogen and oxygen atoms in total. The molecule has 0 spiro atoms. The number of rotatable bonds is 7. The molecule has 2 aromatic rings. The molecule has 1 aliphatic heterocycles. The van der Waals surface area contributed by atoms with E-state index < -0.39 is 15.9 Å². The van der Waals surface area contributed by atoms with Crippen molar-refractivity contribution in [1.29, 1.82) is 0 Å². The minimum absolute atomic E-state index is 0.0712. The highest BCUT2D eigenvalue weighted by Gasteiger charge is 2.30. The number of piperazine rings is 1. The Labute approximate surface area is 164 Å². The minimum atomic E-state index is -3.60. The third-order valence-corrected chi connectivity index (χ3v) is 6.88. The quantitative estimate of drug-likeness (QED) is 0.723. The standard InChI is InChI=1S/C19H25N3O5S/c1-2-16(14-23)21-9-11-22(12-10-21)28(25,26)17-7-5-15(6-8-17)20-19(24)18-4-3-13-27-18/h3-8,13,16,23H,2,9-12,14H2,1H3,(H,20,24)/t16-/m0/s1. The minimum Gasteiger partial charge on any atom is -0.459 e. The van der Waals surface area contributed by atoms with Gasteiger partial charge in [0.15, 0.2) is 5.76 Å². The third-order valence-electron chi connectivity index (χ3n) is 4.97. The molecule has 1 amide bonds. The van der Waals surface area contributed by atoms with Gasteiger partial charge < -0.3 is 14.8 Å². The van der Waals surface area contributed by atoms with Crippen LogP contribution in [-0.2, 0) is 10.0 Å². The lowest BCUT2D eigenvalue weighted by Gasteiger charge is -2.37. The Balaban J connectivity index is 1.63. The number of hydrogen-bond acceptors (Lipinski definition) is 6. The fourth-order valence-corrected chi connectivity index (χ4v) is 4.69. The van der Waals surface area contributed by atoms with Gasteiger partial charge in [-0.25, -0.2) is 8.42 Å². The van der Waals surface area contributed by atoms with Crippen LogP contribution in [-0.4, -0.2) is 67.5 Å². The van der Waals surface area contributed by atoms with Gasteiger partial charge in [0.05, 0.1) is 17.8 Å². The molecule has 1 aromatic heterocycles. The summed E-state index contributed by atoms with van der Waals surface area (Å²) in [5.41, 5.74) is 0.485. The molecule has 1 atom stereocenters. The van der Waals surface area contributed by atoms with Gasteiger partial charge in [-0.05, 0) is 42.8 Å². The van der Waals surface area contributed by atoms with Gasteiger partial charge in [-0.2, -0.15) is 4.31 Å². The summed E-state index contributed by atoms with van der Waals surface area (Å²) in [5.74, 6) is -0.214. The molecule has 2 N–H and O–H groups in total. The van der Waals surface area contributed by atoms with Gasteiger partial charge in [0.1, 0.15) is 0 Å². The molecule has 1 saturated heterocycles. The van der Waals surface area contributed by atoms with Gasteiger partial charge in [0.2, 0.25) is 10.0 Å². The molecule has 2 heterocycles. The van der Waals surface area contributed by atoms with Crippen molar-refractivity contribution in [2.24, 2.45) is 0 Å². The number of amides is 1. The van der Waals surface area contributed by atoms with E-state index in [0.717, 1.165) is 6.42 Å². The topological polar surface area (TPSA) is 103 Å². The number of aliphatic hydroxyl groups is 1. The van der Waals surface area contributed by atoms with Crippen LogP contribution in [0.3, 0.4) is 0 Å². The number of benzene rings is 1. The van der Waals surface area contributed by atoms with Crippen molar-refractivity contribution in [3.05, 3.63) is 48.4 Å². The van der Waals surface area contributed by atoms with Gasteiger partial charge in [-0.15, -0.1) is 0 Å². The first-order valence-corrected chi connectivity index (χ1v) is 10.7. The molecule has 1 aliphatic rings. The number of carbonyl (C=O) groups is 1. The van der Waals surface area contributed by atoms with Crippen LogP contribution in [0.25, 0.3) is 0 Å². The summed E-state index contributed by atoms with van der Waals surface area (Å²) in [5, 5.41) is 12.1. The maximum Gasteiger partial charge on any atom is 0.291 e. The average molecular weight is 407 g/mol. The maximum atomic E-state index is 12.9. The largest absolute Gasteiger partial charge is 0.459 e. The Kier molecular flexibility index (Phi) is 6.50. The SMILES string of the molecule is CC[C@@H](CO)N1CCN(S(=O)(=O)c2ccc(NC(=O)c3ccco3)cc2)CC1. The fraction of sp³-hybridized carbons (Fsp3) is 0.421. The lowest BCUT2D eigenvalue weighted by atomic mass is 10.2. The molecule has 0 radical (unpaired) electrons. The Morgan fingerprint density at radius 3 is 2.39 bits per heavy atom. The van der Waals surface area contributed by atoms with Crippen LogP contribution in [0.5, 0.6) is 0 Å². The van der Waals surface area contributed by atoms with Crippen LogP contribution in [0.1, 0.15) is 23.9 Å². The van der Waals surface area contributed by atoms with E-state index in [4.69, 9.17) is 4.42 Å². The predicted molar refractivity (Wildman–Crippen MR) is 105 cm³/mol. The number of aliphatic hydroxyl groups excluding tert-OH is 1. The van der Waals surface area contributed by atoms with E-state index in [9.17, 15) is 18.3 Å². The van der Waals surface area contributed by atoms with E-state index >= 15 is 0 Å². The van der Waals surface area contributed by atoms with E-state index in [0.29, 0.717) is 31.9 Å². The van der Waals surface area contributed by atoms with E-state index in [-0.39, 0.29) is 23.3 Å². The van der Waals surface area contributed by atoms with Crippen LogP contribution in [0, 0.1) is 0 Å². The van der Waals surface area contributed by atoms with Crippen molar-refractivity contribution < 1.29 is 22.7 Å². The van der Waals surface area contributed by atoms with Crippen LogP contribution >= 0.6 is 0 Å². The van der Waals surface area contributed by atoms with Gasteiger partial charge in [-0.1, -0.05) is 6.92 Å². The van der Waals surface area contributed by atoms with Gasteiger partial charge in [0.25, 0.3) is 5.91 Å². The molecular weight excluding hydrogens is 382 g/mol. The zero-order chi connectivity index (χ0) is 20.1. The number of nitrogens with one attached hydrogen (secondary N) is 1. The highest BCUT2D eigenvalue weighted by molar-refractivity contribution is 7.89. The smallest absolute Gasteiger partial charge is 0.291 e. The van der Waals surface area contributed by atoms with Crippen molar-refractivity contribution in [2.45, 2.75) is 24.3 Å². The summed E-state index contributed by atoms with van der Waals surface area (Å²) in [4.78, 5) is 14.3. The molecule has 28 heavy (non-hydrogen) atoms. The summed E-state index contributed by atoms with van der Waals surface area (Å²) < 4.78 is 32.3. The number of carbonyl (C=O) groups excluding carboxylic acids is 1. The average Bonchev–Trinajstić information content (AvgIpc) is 3.25. The van der Waals surface area contributed by atoms with Gasteiger partial charge in [-0.3, -0.25) is 9.69 Å². The Hall–Kier alpha value is -2.20. The van der Waals surface area contributed by atoms with Crippen molar-refractivity contribution in [2.75, 3.05) is 38.1 Å². The monoisotopic (exact) mass is 407 g/mol. The second kappa shape index (κ2) is 8.87. The molecule has 0 saturated carbocycles. The lowest BCUT2D eigenvalue weighted by Crippen LogP contribution is -2.52. The van der Waals surface area contributed by atoms with Crippen LogP contribution < -0.4 is 5.32 Å². The van der Waals surface area contributed by atoms with E-state index in [1.54, 1.807) is 24.3 Å². The van der Waals surface area contributed by atoms with E-state index in [1.807, 2.05) is 6.92 Å². The second-order valence-electron chi connectivity index (χ2n) is 6.64. The van der Waals surface area contributed by atoms with Crippen molar-refractivity contribution in [1.82, 2.24) is 9.21 Å². The summed E-state index contributed by atoms with van der Waals surface area (Å²) in [6, 6.07) is 9.33. The molecule has 1 fully saturated rings. The highest BCUT2D eigenvalue weighted by atomic mass is 32.2. The number of furan rings is 1. The van der Waals surface area contributed by atoms with E-state index in [2.05, 4.69) is 10.2 Å². The Morgan fingerprint density at radius 2 is 1.86 bits per heavy atom. The summed E-state index contributed by atoms with van der Waals surface area (Å²) in [6.07, 6.45) is 2.24. The first-order valence-electron chi connectivity index (χ1n) is 9.25. The first-order chi connectivity index (χ1) is 13.5. The zero-order valence-electron chi connectivity index (χ0n) is 15.7. The summed E-state index contributed by atoms with van der Waals surface area (Å²) in [6.45, 7) is 4.04. The van der Waals surface area contributed by atoms with Crippen molar-refractivity contribution >= 4 is 21.6 Å². The molecule has 1 aromatic carbocycles. The van der Waals surface area contributed by atoms with E-state index in [1.165, 1.54) is 22.7 Å². The lowest BCUT2D eigenvalue weighted by molar-refractivity contribution is 0.0881. The summed E-state index contributed by atoms with van der Waals surface area (Å²) in [7, 11) is -3.60. The molecule has 0 unspecified atom stereocenters. The molecular formula is C19H25N3O5S. The molecule has 0 aliphatic carbocycles. The zero-order valence-corrected chi connectivity index (χ0v) is 16.6. The highest BCUT2D eigenvalue weighted by Crippen LogP contribution is 2.21. The third kappa shape index (κ3) is 4.44. The van der Waals surface area contributed by atoms with Crippen LogP contribution in [0.4, 0.5) is 5.69 Å². The maximum absolute atomic E-state index is 12.9. The van der Waals surface area contributed by atoms with Crippen molar-refractivity contribution in [3.8, 4) is 0 Å². The Bertz CT molecular complexity index is 869. The van der Waals surface area contributed by atoms with Crippen molar-refractivity contribution in [3.63, 3.8) is 0 Å². The molecule has 0 bridgehead atoms. The number of hydrogen-bond donors (Lipinski definition) is 2. The number of nitrogens with zero attached hydrogens (tertiary/aromatic N) is 2. The number of anilines is 1. The normalized spacial score (nSPS) is 17.4. The first kappa shape index (κ1) is 20.5. The Morgan fingerprint density at radius 1 is 1.18 bits per heavy atom.